The number of thioether (sulfide) groups is 1. The average molecular weight is 348 g/mol. The van der Waals surface area contributed by atoms with Crippen molar-refractivity contribution in [2.24, 2.45) is 5.92 Å². The number of hydrogen-bond donors (Lipinski definition) is 1. The van der Waals surface area contributed by atoms with Gasteiger partial charge in [-0.25, -0.2) is 0 Å². The minimum atomic E-state index is -4.46. The molecule has 9 heteroatoms. The highest BCUT2D eigenvalue weighted by molar-refractivity contribution is 7.99. The predicted octanol–water partition coefficient (Wildman–Crippen LogP) is 1.96. The van der Waals surface area contributed by atoms with E-state index in [1.165, 1.54) is 22.9 Å². The summed E-state index contributed by atoms with van der Waals surface area (Å²) >= 11 is 1.36. The lowest BCUT2D eigenvalue weighted by atomic mass is 10.2. The van der Waals surface area contributed by atoms with Crippen molar-refractivity contribution in [1.29, 1.82) is 0 Å². The molecule has 3 rings (SSSR count). The van der Waals surface area contributed by atoms with Crippen LogP contribution in [-0.2, 0) is 9.59 Å². The molecular formula is C14H15F3N2O3S. The molecule has 1 aromatic rings. The van der Waals surface area contributed by atoms with E-state index in [1.807, 2.05) is 5.32 Å². The summed E-state index contributed by atoms with van der Waals surface area (Å²) in [5.74, 6) is 0.171. The van der Waals surface area contributed by atoms with Crippen LogP contribution < -0.4 is 5.32 Å². The van der Waals surface area contributed by atoms with Gasteiger partial charge in [-0.3, -0.25) is 9.59 Å². The summed E-state index contributed by atoms with van der Waals surface area (Å²) in [6.45, 7) is -1.38. The molecular weight excluding hydrogens is 333 g/mol. The number of furan rings is 1. The SMILES string of the molecule is O=C(NCC(F)(F)F)[C@@H]1CSCN1C(=O)[C@@H]1C[C@@H]1c1ccco1. The Labute approximate surface area is 134 Å². The van der Waals surface area contributed by atoms with Crippen molar-refractivity contribution in [2.75, 3.05) is 18.2 Å². The first-order valence-corrected chi connectivity index (χ1v) is 8.28. The third-order valence-corrected chi connectivity index (χ3v) is 4.96. The fourth-order valence-corrected chi connectivity index (χ4v) is 3.84. The van der Waals surface area contributed by atoms with Gasteiger partial charge in [0.15, 0.2) is 0 Å². The van der Waals surface area contributed by atoms with E-state index in [1.54, 1.807) is 12.1 Å². The monoisotopic (exact) mass is 348 g/mol. The minimum absolute atomic E-state index is 0.00184. The highest BCUT2D eigenvalue weighted by atomic mass is 32.2. The molecule has 0 radical (unpaired) electrons. The maximum absolute atomic E-state index is 12.5. The number of alkyl halides is 3. The molecule has 126 valence electrons. The molecule has 2 aliphatic rings. The number of nitrogens with one attached hydrogen (secondary N) is 1. The first-order valence-electron chi connectivity index (χ1n) is 7.13. The molecule has 2 amide bonds. The van der Waals surface area contributed by atoms with Crippen LogP contribution in [0.1, 0.15) is 18.1 Å². The summed E-state index contributed by atoms with van der Waals surface area (Å²) in [5, 5.41) is 1.86. The number of halogens is 3. The predicted molar refractivity (Wildman–Crippen MR) is 76.6 cm³/mol. The summed E-state index contributed by atoms with van der Waals surface area (Å²) in [6.07, 6.45) is -2.28. The van der Waals surface area contributed by atoms with Crippen LogP contribution in [0, 0.1) is 5.92 Å². The second-order valence-corrected chi connectivity index (χ2v) is 6.62. The van der Waals surface area contributed by atoms with E-state index in [-0.39, 0.29) is 17.7 Å². The first-order chi connectivity index (χ1) is 10.9. The maximum Gasteiger partial charge on any atom is 0.405 e. The van der Waals surface area contributed by atoms with E-state index in [2.05, 4.69) is 0 Å². The van der Waals surface area contributed by atoms with Crippen LogP contribution in [0.15, 0.2) is 22.8 Å². The number of rotatable bonds is 4. The Morgan fingerprint density at radius 1 is 1.43 bits per heavy atom. The molecule has 1 N–H and O–H groups in total. The Hall–Kier alpha value is -1.64. The van der Waals surface area contributed by atoms with Crippen LogP contribution in [0.4, 0.5) is 13.2 Å². The summed E-state index contributed by atoms with van der Waals surface area (Å²) in [7, 11) is 0. The molecule has 2 heterocycles. The molecule has 1 aliphatic carbocycles. The topological polar surface area (TPSA) is 62.6 Å². The highest BCUT2D eigenvalue weighted by Crippen LogP contribution is 2.49. The van der Waals surface area contributed by atoms with Gasteiger partial charge in [0.2, 0.25) is 11.8 Å². The molecule has 2 fully saturated rings. The van der Waals surface area contributed by atoms with E-state index in [0.29, 0.717) is 18.1 Å². The zero-order chi connectivity index (χ0) is 16.6. The van der Waals surface area contributed by atoms with Gasteiger partial charge < -0.3 is 14.6 Å². The minimum Gasteiger partial charge on any atom is -0.469 e. The lowest BCUT2D eigenvalue weighted by Crippen LogP contribution is -2.49. The third-order valence-electron chi connectivity index (χ3n) is 3.95. The second kappa shape index (κ2) is 6.10. The molecule has 0 spiro atoms. The Balaban J connectivity index is 1.59. The van der Waals surface area contributed by atoms with Crippen molar-refractivity contribution in [3.8, 4) is 0 Å². The number of amides is 2. The van der Waals surface area contributed by atoms with Gasteiger partial charge in [0, 0.05) is 17.6 Å². The molecule has 1 saturated heterocycles. The number of carbonyl (C=O) groups is 2. The number of hydrogen-bond acceptors (Lipinski definition) is 4. The standard InChI is InChI=1S/C14H15F3N2O3S/c15-14(16,17)6-18-12(20)10-5-23-7-19(10)13(21)9-4-8(9)11-2-1-3-22-11/h1-3,8-10H,4-7H2,(H,18,20)/t8-,9+,10-/m0/s1. The summed E-state index contributed by atoms with van der Waals surface area (Å²) in [6, 6.07) is 2.70. The largest absolute Gasteiger partial charge is 0.469 e. The molecule has 1 aliphatic heterocycles. The molecule has 0 unspecified atom stereocenters. The Kier molecular flexibility index (Phi) is 4.31. The van der Waals surface area contributed by atoms with Crippen molar-refractivity contribution in [1.82, 2.24) is 10.2 Å². The number of nitrogens with zero attached hydrogens (tertiary/aromatic N) is 1. The van der Waals surface area contributed by atoms with Gasteiger partial charge in [0.25, 0.3) is 0 Å². The zero-order valence-corrected chi connectivity index (χ0v) is 12.8. The van der Waals surface area contributed by atoms with Gasteiger partial charge in [-0.05, 0) is 18.6 Å². The van der Waals surface area contributed by atoms with Crippen LogP contribution in [-0.4, -0.2) is 47.1 Å². The van der Waals surface area contributed by atoms with Crippen LogP contribution in [0.25, 0.3) is 0 Å². The first kappa shape index (κ1) is 16.2. The second-order valence-electron chi connectivity index (χ2n) is 5.62. The van der Waals surface area contributed by atoms with Crippen molar-refractivity contribution < 1.29 is 27.2 Å². The summed E-state index contributed by atoms with van der Waals surface area (Å²) < 4.78 is 41.9. The molecule has 3 atom stereocenters. The van der Waals surface area contributed by atoms with Crippen molar-refractivity contribution in [3.63, 3.8) is 0 Å². The smallest absolute Gasteiger partial charge is 0.405 e. The zero-order valence-electron chi connectivity index (χ0n) is 12.0. The van der Waals surface area contributed by atoms with Gasteiger partial charge in [-0.1, -0.05) is 0 Å². The highest BCUT2D eigenvalue weighted by Gasteiger charge is 2.50. The average Bonchev–Trinajstić information content (AvgIpc) is 2.93. The summed E-state index contributed by atoms with van der Waals surface area (Å²) in [5.41, 5.74) is 0. The quantitative estimate of drug-likeness (QED) is 0.904. The fourth-order valence-electron chi connectivity index (χ4n) is 2.68. The fraction of sp³-hybridized carbons (Fsp3) is 0.571. The molecule has 0 bridgehead atoms. The van der Waals surface area contributed by atoms with E-state index in [4.69, 9.17) is 4.42 Å². The molecule has 0 aromatic carbocycles. The molecule has 23 heavy (non-hydrogen) atoms. The maximum atomic E-state index is 12.5. The van der Waals surface area contributed by atoms with E-state index >= 15 is 0 Å². The van der Waals surface area contributed by atoms with Crippen molar-refractivity contribution >= 4 is 23.6 Å². The Bertz CT molecular complexity index is 591. The van der Waals surface area contributed by atoms with E-state index in [0.717, 1.165) is 5.76 Å². The van der Waals surface area contributed by atoms with Crippen LogP contribution >= 0.6 is 11.8 Å². The molecule has 5 nitrogen and oxygen atoms in total. The third kappa shape index (κ3) is 3.65. The van der Waals surface area contributed by atoms with Gasteiger partial charge >= 0.3 is 6.18 Å². The Morgan fingerprint density at radius 2 is 2.22 bits per heavy atom. The van der Waals surface area contributed by atoms with E-state index < -0.39 is 24.7 Å². The van der Waals surface area contributed by atoms with Gasteiger partial charge in [0.1, 0.15) is 18.3 Å². The lowest BCUT2D eigenvalue weighted by molar-refractivity contribution is -0.145. The van der Waals surface area contributed by atoms with Gasteiger partial charge in [-0.15, -0.1) is 11.8 Å². The lowest BCUT2D eigenvalue weighted by Gasteiger charge is -2.23. The molecule has 1 saturated carbocycles. The van der Waals surface area contributed by atoms with Gasteiger partial charge in [0.05, 0.1) is 12.1 Å². The van der Waals surface area contributed by atoms with Crippen LogP contribution in [0.2, 0.25) is 0 Å². The summed E-state index contributed by atoms with van der Waals surface area (Å²) in [4.78, 5) is 25.8. The van der Waals surface area contributed by atoms with Crippen molar-refractivity contribution in [3.05, 3.63) is 24.2 Å². The Morgan fingerprint density at radius 3 is 2.87 bits per heavy atom. The van der Waals surface area contributed by atoms with Crippen LogP contribution in [0.3, 0.4) is 0 Å². The number of carbonyl (C=O) groups excluding carboxylic acids is 2. The normalized spacial score (nSPS) is 27.1. The molecule has 1 aromatic heterocycles. The van der Waals surface area contributed by atoms with E-state index in [9.17, 15) is 22.8 Å². The van der Waals surface area contributed by atoms with Gasteiger partial charge in [-0.2, -0.15) is 13.2 Å². The van der Waals surface area contributed by atoms with Crippen LogP contribution in [0.5, 0.6) is 0 Å². The van der Waals surface area contributed by atoms with Crippen molar-refractivity contribution in [2.45, 2.75) is 24.6 Å².